The molecule has 1 atom stereocenters. The predicted molar refractivity (Wildman–Crippen MR) is 138 cm³/mol. The van der Waals surface area contributed by atoms with E-state index in [4.69, 9.17) is 4.99 Å². The molecule has 0 spiro atoms. The number of allylic oxidation sites excluding steroid dienone is 2. The van der Waals surface area contributed by atoms with Gasteiger partial charge in [-0.25, -0.2) is 4.79 Å². The second-order valence-electron chi connectivity index (χ2n) is 8.77. The molecule has 1 fully saturated rings. The van der Waals surface area contributed by atoms with Gasteiger partial charge in [0.2, 0.25) is 5.91 Å². The van der Waals surface area contributed by atoms with E-state index in [2.05, 4.69) is 41.2 Å². The summed E-state index contributed by atoms with van der Waals surface area (Å²) in [5, 5.41) is 2.88. The Kier molecular flexibility index (Phi) is 9.24. The van der Waals surface area contributed by atoms with Gasteiger partial charge < -0.3 is 10.2 Å². The van der Waals surface area contributed by atoms with E-state index in [9.17, 15) is 9.59 Å². The molecule has 34 heavy (non-hydrogen) atoms. The molecular formula is C26H38N6O2. The fourth-order valence-electron chi connectivity index (χ4n) is 4.12. The van der Waals surface area contributed by atoms with Gasteiger partial charge in [-0.15, -0.1) is 0 Å². The van der Waals surface area contributed by atoms with Crippen LogP contribution in [0.3, 0.4) is 0 Å². The number of fused-ring (bicyclic) bond motifs is 1. The molecular weight excluding hydrogens is 428 g/mol. The molecule has 1 unspecified atom stereocenters. The molecule has 0 aliphatic heterocycles. The molecule has 0 bridgehead atoms. The number of nitrogens with one attached hydrogen (secondary N) is 1. The fraction of sp³-hybridized carbons (Fsp3) is 0.538. The van der Waals surface area contributed by atoms with Crippen molar-refractivity contribution in [3.63, 3.8) is 0 Å². The van der Waals surface area contributed by atoms with Crippen molar-refractivity contribution in [1.29, 1.82) is 0 Å². The molecule has 2 heterocycles. The lowest BCUT2D eigenvalue weighted by atomic mass is 10.2. The monoisotopic (exact) mass is 466 g/mol. The number of carbonyl (C=O) groups is 1. The van der Waals surface area contributed by atoms with Crippen molar-refractivity contribution in [2.24, 2.45) is 4.99 Å². The highest BCUT2D eigenvalue weighted by Gasteiger charge is 2.29. The summed E-state index contributed by atoms with van der Waals surface area (Å²) < 4.78 is 3.73. The van der Waals surface area contributed by atoms with Crippen LogP contribution in [0.15, 0.2) is 52.6 Å². The van der Waals surface area contributed by atoms with Crippen molar-refractivity contribution in [2.45, 2.75) is 72.0 Å². The molecule has 1 N–H and O–H groups in total. The zero-order valence-corrected chi connectivity index (χ0v) is 20.9. The SMILES string of the molecule is C/C=C\CN=C(Cn1c(=O)n(C2CC2)c2ccncc21)N(CCCNC(C)=O)C(C)/C=C\CC. The topological polar surface area (TPSA) is 84.5 Å². The van der Waals surface area contributed by atoms with Gasteiger partial charge in [0.15, 0.2) is 0 Å². The lowest BCUT2D eigenvalue weighted by Gasteiger charge is -2.31. The largest absolute Gasteiger partial charge is 0.356 e. The summed E-state index contributed by atoms with van der Waals surface area (Å²) in [5.74, 6) is 0.828. The van der Waals surface area contributed by atoms with Crippen LogP contribution in [0.4, 0.5) is 0 Å². The molecule has 0 saturated heterocycles. The molecule has 184 valence electrons. The number of hydrogen-bond acceptors (Lipinski definition) is 4. The Morgan fingerprint density at radius 3 is 2.82 bits per heavy atom. The molecule has 3 rings (SSSR count). The first-order valence-corrected chi connectivity index (χ1v) is 12.3. The van der Waals surface area contributed by atoms with E-state index < -0.39 is 0 Å². The molecule has 2 aromatic heterocycles. The van der Waals surface area contributed by atoms with E-state index in [-0.39, 0.29) is 23.7 Å². The number of rotatable bonds is 12. The van der Waals surface area contributed by atoms with Gasteiger partial charge in [-0.3, -0.25) is 23.9 Å². The smallest absolute Gasteiger partial charge is 0.329 e. The highest BCUT2D eigenvalue weighted by molar-refractivity contribution is 5.85. The minimum absolute atomic E-state index is 0.000756. The maximum Gasteiger partial charge on any atom is 0.329 e. The first kappa shape index (κ1) is 25.5. The van der Waals surface area contributed by atoms with Crippen LogP contribution >= 0.6 is 0 Å². The van der Waals surface area contributed by atoms with Crippen molar-refractivity contribution in [1.82, 2.24) is 24.3 Å². The van der Waals surface area contributed by atoms with Gasteiger partial charge in [0.25, 0.3) is 0 Å². The molecule has 1 aliphatic rings. The van der Waals surface area contributed by atoms with Crippen molar-refractivity contribution in [3.05, 3.63) is 53.2 Å². The van der Waals surface area contributed by atoms with Gasteiger partial charge in [-0.05, 0) is 45.6 Å². The van der Waals surface area contributed by atoms with Crippen LogP contribution in [0.5, 0.6) is 0 Å². The second kappa shape index (κ2) is 12.3. The van der Waals surface area contributed by atoms with Gasteiger partial charge in [0.1, 0.15) is 5.84 Å². The summed E-state index contributed by atoms with van der Waals surface area (Å²) in [5.41, 5.74) is 1.78. The summed E-state index contributed by atoms with van der Waals surface area (Å²) in [4.78, 5) is 36.3. The minimum Gasteiger partial charge on any atom is -0.356 e. The number of nitrogens with zero attached hydrogens (tertiary/aromatic N) is 5. The maximum atomic E-state index is 13.5. The van der Waals surface area contributed by atoms with E-state index in [0.717, 1.165) is 49.1 Å². The third kappa shape index (κ3) is 6.46. The van der Waals surface area contributed by atoms with Crippen LogP contribution in [0, 0.1) is 0 Å². The molecule has 8 heteroatoms. The summed E-state index contributed by atoms with van der Waals surface area (Å²) >= 11 is 0. The summed E-state index contributed by atoms with van der Waals surface area (Å²) in [6.07, 6.45) is 15.7. The lowest BCUT2D eigenvalue weighted by molar-refractivity contribution is -0.118. The Balaban J connectivity index is 1.97. The number of amides is 1. The average Bonchev–Trinajstić information content (AvgIpc) is 3.61. The average molecular weight is 467 g/mol. The zero-order valence-electron chi connectivity index (χ0n) is 20.9. The number of hydrogen-bond donors (Lipinski definition) is 1. The second-order valence-corrected chi connectivity index (χ2v) is 8.77. The Morgan fingerprint density at radius 2 is 2.15 bits per heavy atom. The van der Waals surface area contributed by atoms with E-state index >= 15 is 0 Å². The van der Waals surface area contributed by atoms with Crippen LogP contribution in [0.25, 0.3) is 11.0 Å². The van der Waals surface area contributed by atoms with Crippen LogP contribution in [-0.4, -0.2) is 56.4 Å². The van der Waals surface area contributed by atoms with Crippen LogP contribution < -0.4 is 11.0 Å². The standard InChI is InChI=1S/C26H38N6O2/c1-5-7-10-20(3)30(17-9-15-28-21(4)33)25(29-14-8-6-2)19-31-24-18-27-16-13-23(24)32(26(31)34)22-11-12-22/h6-8,10,13,16,18,20,22H,5,9,11-12,14-15,17,19H2,1-4H3,(H,28,33)/b8-6-,10-7-,29-25?. The number of aliphatic imine (C=N–C) groups is 1. The third-order valence-corrected chi connectivity index (χ3v) is 6.01. The summed E-state index contributed by atoms with van der Waals surface area (Å²) in [7, 11) is 0. The van der Waals surface area contributed by atoms with Gasteiger partial charge in [0, 0.05) is 38.3 Å². The number of imidazole rings is 1. The Bertz CT molecular complexity index is 1110. The normalized spacial score (nSPS) is 15.5. The molecule has 1 saturated carbocycles. The minimum atomic E-state index is -0.0283. The van der Waals surface area contributed by atoms with Gasteiger partial charge >= 0.3 is 5.69 Å². The van der Waals surface area contributed by atoms with E-state index in [0.29, 0.717) is 19.6 Å². The van der Waals surface area contributed by atoms with Crippen molar-refractivity contribution >= 4 is 22.8 Å². The number of amidine groups is 1. The van der Waals surface area contributed by atoms with Gasteiger partial charge in [-0.1, -0.05) is 31.2 Å². The van der Waals surface area contributed by atoms with Crippen molar-refractivity contribution in [3.8, 4) is 0 Å². The number of carbonyl (C=O) groups excluding carboxylic acids is 1. The molecule has 1 amide bonds. The highest BCUT2D eigenvalue weighted by atomic mass is 16.2. The Hall–Kier alpha value is -3.16. The first-order valence-electron chi connectivity index (χ1n) is 12.3. The lowest BCUT2D eigenvalue weighted by Crippen LogP contribution is -2.43. The van der Waals surface area contributed by atoms with Crippen molar-refractivity contribution in [2.75, 3.05) is 19.6 Å². The summed E-state index contributed by atoms with van der Waals surface area (Å²) in [6.45, 7) is 10.0. The third-order valence-electron chi connectivity index (χ3n) is 6.01. The van der Waals surface area contributed by atoms with Crippen LogP contribution in [0.2, 0.25) is 0 Å². The molecule has 2 aromatic rings. The van der Waals surface area contributed by atoms with Crippen LogP contribution in [0.1, 0.15) is 59.4 Å². The summed E-state index contributed by atoms with van der Waals surface area (Å²) in [6, 6.07) is 2.31. The maximum absolute atomic E-state index is 13.5. The Morgan fingerprint density at radius 1 is 1.35 bits per heavy atom. The van der Waals surface area contributed by atoms with E-state index in [1.807, 2.05) is 34.3 Å². The first-order chi connectivity index (χ1) is 16.5. The quantitative estimate of drug-likeness (QED) is 0.224. The molecule has 0 radical (unpaired) electrons. The molecule has 8 nitrogen and oxygen atoms in total. The van der Waals surface area contributed by atoms with E-state index in [1.165, 1.54) is 6.92 Å². The predicted octanol–water partition coefficient (Wildman–Crippen LogP) is 3.69. The van der Waals surface area contributed by atoms with Crippen molar-refractivity contribution < 1.29 is 4.79 Å². The number of pyridine rings is 1. The zero-order chi connectivity index (χ0) is 24.5. The highest BCUT2D eigenvalue weighted by Crippen LogP contribution is 2.36. The number of aromatic nitrogens is 3. The van der Waals surface area contributed by atoms with Gasteiger partial charge in [-0.2, -0.15) is 0 Å². The van der Waals surface area contributed by atoms with Crippen LogP contribution in [-0.2, 0) is 11.3 Å². The molecule has 0 aromatic carbocycles. The molecule has 1 aliphatic carbocycles. The fourth-order valence-corrected chi connectivity index (χ4v) is 4.12. The Labute approximate surface area is 202 Å². The van der Waals surface area contributed by atoms with E-state index in [1.54, 1.807) is 12.4 Å². The van der Waals surface area contributed by atoms with Gasteiger partial charge in [0.05, 0.1) is 30.3 Å².